The van der Waals surface area contributed by atoms with Crippen molar-refractivity contribution in [1.29, 1.82) is 5.26 Å². The average molecular weight is 321 g/mol. The molecule has 1 aromatic carbocycles. The molecule has 0 radical (unpaired) electrons. The SMILES string of the molecule is CC(C)c1[nH]nc2c1[C@]1(C(=O)Nc3ccccc31)C(C#N)=C(N)O2. The van der Waals surface area contributed by atoms with Gasteiger partial charge in [-0.1, -0.05) is 32.0 Å². The third-order valence-corrected chi connectivity index (χ3v) is 4.57. The number of carbonyl (C=O) groups is 1. The largest absolute Gasteiger partial charge is 0.420 e. The first kappa shape index (κ1) is 14.3. The predicted molar refractivity (Wildman–Crippen MR) is 86.0 cm³/mol. The van der Waals surface area contributed by atoms with Crippen LogP contribution in [0.25, 0.3) is 0 Å². The van der Waals surface area contributed by atoms with E-state index in [1.807, 2.05) is 32.0 Å². The van der Waals surface area contributed by atoms with Crippen LogP contribution in [0.4, 0.5) is 5.69 Å². The van der Waals surface area contributed by atoms with E-state index in [0.717, 1.165) is 5.69 Å². The minimum atomic E-state index is -1.34. The Morgan fingerprint density at radius 2 is 2.12 bits per heavy atom. The number of amides is 1. The molecule has 120 valence electrons. The maximum Gasteiger partial charge on any atom is 0.245 e. The Balaban J connectivity index is 2.17. The van der Waals surface area contributed by atoms with Crippen molar-refractivity contribution in [2.45, 2.75) is 25.2 Å². The van der Waals surface area contributed by atoms with Crippen molar-refractivity contribution in [3.8, 4) is 11.9 Å². The molecule has 0 bridgehead atoms. The number of nitrogens with one attached hydrogen (secondary N) is 2. The first-order chi connectivity index (χ1) is 11.5. The van der Waals surface area contributed by atoms with E-state index >= 15 is 0 Å². The highest BCUT2D eigenvalue weighted by molar-refractivity contribution is 6.12. The Morgan fingerprint density at radius 1 is 1.38 bits per heavy atom. The minimum absolute atomic E-state index is 0.0570. The zero-order valence-electron chi connectivity index (χ0n) is 13.2. The van der Waals surface area contributed by atoms with Crippen molar-refractivity contribution in [2.75, 3.05) is 5.32 Å². The van der Waals surface area contributed by atoms with Gasteiger partial charge in [-0.3, -0.25) is 9.89 Å². The molecule has 3 heterocycles. The smallest absolute Gasteiger partial charge is 0.245 e. The van der Waals surface area contributed by atoms with Crippen molar-refractivity contribution in [3.05, 3.63) is 52.5 Å². The van der Waals surface area contributed by atoms with Gasteiger partial charge in [0, 0.05) is 16.9 Å². The summed E-state index contributed by atoms with van der Waals surface area (Å²) < 4.78 is 5.53. The molecule has 0 aliphatic carbocycles. The Morgan fingerprint density at radius 3 is 2.83 bits per heavy atom. The summed E-state index contributed by atoms with van der Waals surface area (Å²) in [7, 11) is 0. The second kappa shape index (κ2) is 4.61. The van der Waals surface area contributed by atoms with E-state index in [9.17, 15) is 10.1 Å². The van der Waals surface area contributed by atoms with Gasteiger partial charge in [-0.25, -0.2) is 0 Å². The molecule has 2 aromatic rings. The van der Waals surface area contributed by atoms with Gasteiger partial charge >= 0.3 is 0 Å². The van der Waals surface area contributed by atoms with E-state index in [-0.39, 0.29) is 29.2 Å². The van der Waals surface area contributed by atoms with Crippen molar-refractivity contribution in [3.63, 3.8) is 0 Å². The molecule has 7 heteroatoms. The number of hydrogen-bond acceptors (Lipinski definition) is 5. The number of nitrogens with two attached hydrogens (primary N) is 1. The number of carbonyl (C=O) groups excluding carboxylic acids is 1. The molecule has 24 heavy (non-hydrogen) atoms. The zero-order valence-corrected chi connectivity index (χ0v) is 13.2. The van der Waals surface area contributed by atoms with Crippen LogP contribution in [0.3, 0.4) is 0 Å². The third kappa shape index (κ3) is 1.50. The van der Waals surface area contributed by atoms with Gasteiger partial charge in [-0.05, 0) is 12.0 Å². The zero-order chi connectivity index (χ0) is 17.1. The molecule has 0 fully saturated rings. The van der Waals surface area contributed by atoms with Crippen LogP contribution in [0, 0.1) is 11.3 Å². The third-order valence-electron chi connectivity index (χ3n) is 4.57. The number of aromatic amines is 1. The van der Waals surface area contributed by atoms with Gasteiger partial charge in [0.15, 0.2) is 0 Å². The summed E-state index contributed by atoms with van der Waals surface area (Å²) in [6.07, 6.45) is 0. The second-order valence-corrected chi connectivity index (χ2v) is 6.17. The van der Waals surface area contributed by atoms with E-state index in [1.54, 1.807) is 6.07 Å². The van der Waals surface area contributed by atoms with E-state index in [1.165, 1.54) is 0 Å². The number of benzene rings is 1. The van der Waals surface area contributed by atoms with E-state index in [2.05, 4.69) is 21.6 Å². The number of hydrogen-bond donors (Lipinski definition) is 3. The van der Waals surface area contributed by atoms with Gasteiger partial charge in [-0.15, -0.1) is 5.10 Å². The number of nitrogens with zero attached hydrogens (tertiary/aromatic N) is 2. The first-order valence-corrected chi connectivity index (χ1v) is 7.59. The Bertz CT molecular complexity index is 950. The lowest BCUT2D eigenvalue weighted by molar-refractivity contribution is -0.118. The van der Waals surface area contributed by atoms with Crippen molar-refractivity contribution >= 4 is 11.6 Å². The molecule has 0 unspecified atom stereocenters. The highest BCUT2D eigenvalue weighted by atomic mass is 16.5. The summed E-state index contributed by atoms with van der Waals surface area (Å²) in [6, 6.07) is 9.37. The van der Waals surface area contributed by atoms with Gasteiger partial charge < -0.3 is 15.8 Å². The molecule has 7 nitrogen and oxygen atoms in total. The lowest BCUT2D eigenvalue weighted by atomic mass is 9.68. The van der Waals surface area contributed by atoms with Gasteiger partial charge in [0.1, 0.15) is 17.1 Å². The summed E-state index contributed by atoms with van der Waals surface area (Å²) in [5, 5.41) is 19.7. The summed E-state index contributed by atoms with van der Waals surface area (Å²) in [6.45, 7) is 3.96. The van der Waals surface area contributed by atoms with Crippen LogP contribution < -0.4 is 15.8 Å². The van der Waals surface area contributed by atoms with Crippen LogP contribution in [0.5, 0.6) is 5.88 Å². The van der Waals surface area contributed by atoms with Crippen LogP contribution in [-0.4, -0.2) is 16.1 Å². The number of H-pyrrole nitrogens is 1. The maximum atomic E-state index is 13.1. The fourth-order valence-electron chi connectivity index (χ4n) is 3.55. The fourth-order valence-corrected chi connectivity index (χ4v) is 3.55. The van der Waals surface area contributed by atoms with Gasteiger partial charge in [0.05, 0.1) is 5.56 Å². The van der Waals surface area contributed by atoms with Crippen molar-refractivity contribution < 1.29 is 9.53 Å². The monoisotopic (exact) mass is 321 g/mol. The standard InChI is InChI=1S/C17H15N5O2/c1-8(2)13-12-15(22-21-13)24-14(19)10(7-18)17(12)9-5-3-4-6-11(9)20-16(17)23/h3-6,8H,19H2,1-2H3,(H,20,23)(H,21,22)/t17-/m1/s1. The molecular formula is C17H15N5O2. The summed E-state index contributed by atoms with van der Waals surface area (Å²) in [5.74, 6) is -0.127. The number of rotatable bonds is 1. The van der Waals surface area contributed by atoms with Crippen molar-refractivity contribution in [2.24, 2.45) is 5.73 Å². The Kier molecular flexibility index (Phi) is 2.76. The number of para-hydroxylation sites is 1. The maximum absolute atomic E-state index is 13.1. The van der Waals surface area contributed by atoms with E-state index < -0.39 is 5.41 Å². The summed E-state index contributed by atoms with van der Waals surface area (Å²) >= 11 is 0. The molecule has 2 aliphatic heterocycles. The van der Waals surface area contributed by atoms with Gasteiger partial charge in [0.25, 0.3) is 0 Å². The molecule has 0 saturated carbocycles. The second-order valence-electron chi connectivity index (χ2n) is 6.17. The number of anilines is 1. The molecule has 4 N–H and O–H groups in total. The van der Waals surface area contributed by atoms with Gasteiger partial charge in [0.2, 0.25) is 17.7 Å². The summed E-state index contributed by atoms with van der Waals surface area (Å²) in [5.41, 5.74) is 7.36. The summed E-state index contributed by atoms with van der Waals surface area (Å²) in [4.78, 5) is 13.1. The Hall–Kier alpha value is -3.27. The van der Waals surface area contributed by atoms with Crippen LogP contribution in [0.2, 0.25) is 0 Å². The van der Waals surface area contributed by atoms with E-state index in [4.69, 9.17) is 10.5 Å². The molecule has 0 saturated heterocycles. The van der Waals surface area contributed by atoms with Crippen molar-refractivity contribution in [1.82, 2.24) is 10.2 Å². The minimum Gasteiger partial charge on any atom is -0.420 e. The van der Waals surface area contributed by atoms with E-state index in [0.29, 0.717) is 16.8 Å². The molecule has 1 aromatic heterocycles. The number of aromatic nitrogens is 2. The molecule has 1 amide bonds. The first-order valence-electron chi connectivity index (χ1n) is 7.59. The lowest BCUT2D eigenvalue weighted by Gasteiger charge is -2.32. The topological polar surface area (TPSA) is 117 Å². The predicted octanol–water partition coefficient (Wildman–Crippen LogP) is 1.86. The van der Waals surface area contributed by atoms with Crippen LogP contribution >= 0.6 is 0 Å². The van der Waals surface area contributed by atoms with Crippen LogP contribution in [-0.2, 0) is 10.2 Å². The average Bonchev–Trinajstić information content (AvgIpc) is 3.08. The Labute approximate surface area is 138 Å². The molecular weight excluding hydrogens is 306 g/mol. The highest BCUT2D eigenvalue weighted by Crippen LogP contribution is 2.54. The number of ether oxygens (including phenoxy) is 1. The fraction of sp³-hybridized carbons (Fsp3) is 0.235. The molecule has 1 atom stereocenters. The molecule has 4 rings (SSSR count). The molecule has 2 aliphatic rings. The number of fused-ring (bicyclic) bond motifs is 4. The quantitative estimate of drug-likeness (QED) is 0.741. The lowest BCUT2D eigenvalue weighted by Crippen LogP contribution is -2.42. The number of nitriles is 1. The van der Waals surface area contributed by atoms with Crippen LogP contribution in [0.15, 0.2) is 35.7 Å². The normalized spacial score (nSPS) is 21.3. The highest BCUT2D eigenvalue weighted by Gasteiger charge is 2.58. The van der Waals surface area contributed by atoms with Crippen LogP contribution in [0.1, 0.15) is 36.6 Å². The molecule has 1 spiro atoms. The van der Waals surface area contributed by atoms with Gasteiger partial charge in [-0.2, -0.15) is 5.26 Å².